The monoisotopic (exact) mass is 317 g/mol. The Bertz CT molecular complexity index is 721. The lowest BCUT2D eigenvalue weighted by molar-refractivity contribution is 0.549. The van der Waals surface area contributed by atoms with E-state index in [0.717, 1.165) is 23.1 Å². The summed E-state index contributed by atoms with van der Waals surface area (Å²) < 4.78 is 27.7. The first-order chi connectivity index (χ1) is 10.4. The zero-order valence-corrected chi connectivity index (χ0v) is 14.2. The van der Waals surface area contributed by atoms with Crippen LogP contribution < -0.4 is 4.72 Å². The van der Waals surface area contributed by atoms with Crippen molar-refractivity contribution in [3.05, 3.63) is 70.8 Å². The summed E-state index contributed by atoms with van der Waals surface area (Å²) in [4.78, 5) is 0. The minimum absolute atomic E-state index is 0.0159. The molecule has 0 bridgehead atoms. The first-order valence-corrected chi connectivity index (χ1v) is 9.17. The van der Waals surface area contributed by atoms with Crippen LogP contribution in [0.15, 0.2) is 48.5 Å². The quantitative estimate of drug-likeness (QED) is 0.879. The van der Waals surface area contributed by atoms with Gasteiger partial charge in [-0.25, -0.2) is 13.1 Å². The molecule has 0 unspecified atom stereocenters. The number of hydrogen-bond donors (Lipinski definition) is 1. The summed E-state index contributed by atoms with van der Waals surface area (Å²) >= 11 is 0. The smallest absolute Gasteiger partial charge is 0.212 e. The van der Waals surface area contributed by atoms with E-state index in [1.54, 1.807) is 0 Å². The molecular formula is C18H23NO2S. The molecule has 118 valence electrons. The molecule has 1 atom stereocenters. The first kappa shape index (κ1) is 16.7. The van der Waals surface area contributed by atoms with Crippen LogP contribution in [0.4, 0.5) is 0 Å². The lowest BCUT2D eigenvalue weighted by Gasteiger charge is -2.18. The molecular weight excluding hydrogens is 294 g/mol. The van der Waals surface area contributed by atoms with Gasteiger partial charge in [-0.05, 0) is 37.0 Å². The van der Waals surface area contributed by atoms with Crippen molar-refractivity contribution in [2.24, 2.45) is 0 Å². The van der Waals surface area contributed by atoms with Crippen molar-refractivity contribution in [1.82, 2.24) is 4.72 Å². The molecule has 2 aromatic rings. The summed E-state index contributed by atoms with van der Waals surface area (Å²) in [6.07, 6.45) is 0.718. The van der Waals surface area contributed by atoms with Crippen molar-refractivity contribution < 1.29 is 8.42 Å². The van der Waals surface area contributed by atoms with Crippen LogP contribution in [0.2, 0.25) is 0 Å². The van der Waals surface area contributed by atoms with Crippen molar-refractivity contribution in [1.29, 1.82) is 0 Å². The molecule has 0 fully saturated rings. The third-order valence-corrected chi connectivity index (χ3v) is 5.15. The molecule has 0 saturated heterocycles. The molecule has 0 aliphatic carbocycles. The predicted octanol–water partition coefficient (Wildman–Crippen LogP) is 3.87. The van der Waals surface area contributed by atoms with Crippen LogP contribution in [0, 0.1) is 13.8 Å². The fraction of sp³-hybridized carbons (Fsp3) is 0.333. The second-order valence-electron chi connectivity index (χ2n) is 5.67. The molecule has 0 spiro atoms. The van der Waals surface area contributed by atoms with E-state index in [-0.39, 0.29) is 11.8 Å². The fourth-order valence-electron chi connectivity index (χ4n) is 2.42. The predicted molar refractivity (Wildman–Crippen MR) is 91.1 cm³/mol. The van der Waals surface area contributed by atoms with Crippen molar-refractivity contribution in [2.45, 2.75) is 39.0 Å². The molecule has 0 aromatic heterocycles. The number of aryl methyl sites for hydroxylation is 2. The van der Waals surface area contributed by atoms with Crippen molar-refractivity contribution >= 4 is 10.0 Å². The minimum Gasteiger partial charge on any atom is -0.212 e. The summed E-state index contributed by atoms with van der Waals surface area (Å²) in [6.45, 7) is 5.94. The van der Waals surface area contributed by atoms with Crippen molar-refractivity contribution in [3.63, 3.8) is 0 Å². The standard InChI is InChI=1S/C18H23NO2S/c1-4-18(16-11-9-14(2)10-12-16)19-22(20,21)13-17-8-6-5-7-15(17)3/h5-12,18-19H,4,13H2,1-3H3/t18-/m0/s1. The van der Waals surface area contributed by atoms with Gasteiger partial charge in [-0.3, -0.25) is 0 Å². The van der Waals surface area contributed by atoms with E-state index in [9.17, 15) is 8.42 Å². The maximum Gasteiger partial charge on any atom is 0.216 e. The second-order valence-corrected chi connectivity index (χ2v) is 7.43. The van der Waals surface area contributed by atoms with Gasteiger partial charge in [0.15, 0.2) is 0 Å². The van der Waals surface area contributed by atoms with E-state index < -0.39 is 10.0 Å². The van der Waals surface area contributed by atoms with Gasteiger partial charge in [0.25, 0.3) is 0 Å². The van der Waals surface area contributed by atoms with E-state index >= 15 is 0 Å². The molecule has 3 nitrogen and oxygen atoms in total. The van der Waals surface area contributed by atoms with Crippen LogP contribution in [-0.2, 0) is 15.8 Å². The molecule has 2 rings (SSSR count). The third-order valence-electron chi connectivity index (χ3n) is 3.82. The van der Waals surface area contributed by atoms with Crippen LogP contribution in [0.1, 0.15) is 41.6 Å². The zero-order chi connectivity index (χ0) is 16.2. The average Bonchev–Trinajstić information content (AvgIpc) is 2.48. The Hall–Kier alpha value is -1.65. The Labute approximate surface area is 133 Å². The lowest BCUT2D eigenvalue weighted by Crippen LogP contribution is -2.29. The molecule has 1 N–H and O–H groups in total. The minimum atomic E-state index is -3.38. The van der Waals surface area contributed by atoms with Crippen LogP contribution >= 0.6 is 0 Å². The summed E-state index contributed by atoms with van der Waals surface area (Å²) in [6, 6.07) is 15.4. The van der Waals surface area contributed by atoms with Gasteiger partial charge in [0.1, 0.15) is 0 Å². The lowest BCUT2D eigenvalue weighted by atomic mass is 10.0. The summed E-state index contributed by atoms with van der Waals surface area (Å²) in [5, 5.41) is 0. The normalized spacial score (nSPS) is 13.0. The maximum atomic E-state index is 12.5. The van der Waals surface area contributed by atoms with Crippen LogP contribution in [-0.4, -0.2) is 8.42 Å². The summed E-state index contributed by atoms with van der Waals surface area (Å²) in [5.74, 6) is 0.0159. The molecule has 0 heterocycles. The topological polar surface area (TPSA) is 46.2 Å². The number of sulfonamides is 1. The Morgan fingerprint density at radius 3 is 2.23 bits per heavy atom. The van der Waals surface area contributed by atoms with Gasteiger partial charge >= 0.3 is 0 Å². The highest BCUT2D eigenvalue weighted by atomic mass is 32.2. The van der Waals surface area contributed by atoms with E-state index in [0.29, 0.717) is 0 Å². The highest BCUT2D eigenvalue weighted by molar-refractivity contribution is 7.88. The Kier molecular flexibility index (Phi) is 5.37. The van der Waals surface area contributed by atoms with E-state index in [1.165, 1.54) is 5.56 Å². The highest BCUT2D eigenvalue weighted by Crippen LogP contribution is 2.20. The zero-order valence-electron chi connectivity index (χ0n) is 13.3. The molecule has 0 amide bonds. The Morgan fingerprint density at radius 2 is 1.64 bits per heavy atom. The molecule has 0 radical (unpaired) electrons. The van der Waals surface area contributed by atoms with Crippen molar-refractivity contribution in [3.8, 4) is 0 Å². The molecule has 0 aliphatic rings. The van der Waals surface area contributed by atoms with Gasteiger partial charge in [-0.2, -0.15) is 0 Å². The number of nitrogens with one attached hydrogen (secondary N) is 1. The Balaban J connectivity index is 2.16. The van der Waals surface area contributed by atoms with E-state index in [1.807, 2.05) is 69.3 Å². The fourth-order valence-corrected chi connectivity index (χ4v) is 3.97. The highest BCUT2D eigenvalue weighted by Gasteiger charge is 2.19. The number of rotatable bonds is 6. The van der Waals surface area contributed by atoms with Crippen LogP contribution in [0.5, 0.6) is 0 Å². The van der Waals surface area contributed by atoms with E-state index in [2.05, 4.69) is 4.72 Å². The third kappa shape index (κ3) is 4.42. The number of benzene rings is 2. The van der Waals surface area contributed by atoms with Gasteiger partial charge in [-0.15, -0.1) is 0 Å². The molecule has 0 aliphatic heterocycles. The van der Waals surface area contributed by atoms with Gasteiger partial charge in [0.05, 0.1) is 5.75 Å². The number of hydrogen-bond acceptors (Lipinski definition) is 2. The van der Waals surface area contributed by atoms with Gasteiger partial charge < -0.3 is 0 Å². The second kappa shape index (κ2) is 7.07. The SMILES string of the molecule is CC[C@H](NS(=O)(=O)Cc1ccccc1C)c1ccc(C)cc1. The molecule has 4 heteroatoms. The van der Waals surface area contributed by atoms with Crippen LogP contribution in [0.3, 0.4) is 0 Å². The first-order valence-electron chi connectivity index (χ1n) is 7.52. The Morgan fingerprint density at radius 1 is 1.00 bits per heavy atom. The van der Waals surface area contributed by atoms with Crippen molar-refractivity contribution in [2.75, 3.05) is 0 Å². The molecule has 0 saturated carbocycles. The van der Waals surface area contributed by atoms with E-state index in [4.69, 9.17) is 0 Å². The van der Waals surface area contributed by atoms with Crippen LogP contribution in [0.25, 0.3) is 0 Å². The molecule has 22 heavy (non-hydrogen) atoms. The van der Waals surface area contributed by atoms with Gasteiger partial charge in [0, 0.05) is 6.04 Å². The van der Waals surface area contributed by atoms with Gasteiger partial charge in [0.2, 0.25) is 10.0 Å². The summed E-state index contributed by atoms with van der Waals surface area (Å²) in [7, 11) is -3.38. The summed E-state index contributed by atoms with van der Waals surface area (Å²) in [5.41, 5.74) is 4.01. The average molecular weight is 317 g/mol. The maximum absolute atomic E-state index is 12.5. The largest absolute Gasteiger partial charge is 0.216 e. The molecule has 2 aromatic carbocycles. The van der Waals surface area contributed by atoms with Gasteiger partial charge in [-0.1, -0.05) is 61.0 Å².